The Morgan fingerprint density at radius 1 is 0.829 bits per heavy atom. The molecule has 0 aliphatic rings. The van der Waals surface area contributed by atoms with Gasteiger partial charge >= 0.3 is 0 Å². The highest BCUT2D eigenvalue weighted by atomic mass is 19.1. The van der Waals surface area contributed by atoms with Crippen LogP contribution in [0, 0.1) is 12.7 Å². The van der Waals surface area contributed by atoms with E-state index >= 15 is 0 Å². The van der Waals surface area contributed by atoms with E-state index in [0.717, 1.165) is 56.3 Å². The lowest BCUT2D eigenvalue weighted by atomic mass is 10.0. The number of pyridine rings is 2. The zero-order valence-corrected chi connectivity index (χ0v) is 22.3. The molecule has 4 aromatic heterocycles. The number of hydrogen-bond acceptors (Lipinski definition) is 5. The quantitative estimate of drug-likeness (QED) is 0.203. The van der Waals surface area contributed by atoms with Crippen LogP contribution >= 0.6 is 0 Å². The number of halogens is 1. The maximum Gasteiger partial charge on any atom is 0.178 e. The van der Waals surface area contributed by atoms with Crippen molar-refractivity contribution in [1.82, 2.24) is 35.5 Å². The number of imidazole rings is 1. The van der Waals surface area contributed by atoms with Gasteiger partial charge in [0.25, 0.3) is 0 Å². The van der Waals surface area contributed by atoms with Gasteiger partial charge in [-0.2, -0.15) is 5.10 Å². The van der Waals surface area contributed by atoms with Gasteiger partial charge in [-0.15, -0.1) is 0 Å². The van der Waals surface area contributed by atoms with Crippen LogP contribution in [-0.4, -0.2) is 30.1 Å². The zero-order valence-electron chi connectivity index (χ0n) is 22.3. The largest absolute Gasteiger partial charge is 0.335 e. The van der Waals surface area contributed by atoms with Crippen LogP contribution < -0.4 is 5.32 Å². The molecule has 7 aromatic rings. The Morgan fingerprint density at radius 3 is 2.59 bits per heavy atom. The minimum absolute atomic E-state index is 0.277. The first kappa shape index (κ1) is 24.8. The van der Waals surface area contributed by atoms with Gasteiger partial charge in [-0.05, 0) is 71.1 Å². The van der Waals surface area contributed by atoms with Crippen molar-refractivity contribution in [3.63, 3.8) is 0 Å². The first-order chi connectivity index (χ1) is 20.1. The van der Waals surface area contributed by atoms with Crippen LogP contribution in [0.1, 0.15) is 16.7 Å². The highest BCUT2D eigenvalue weighted by Gasteiger charge is 2.17. The monoisotopic (exact) mass is 539 g/mol. The molecule has 0 aliphatic carbocycles. The Hall–Kier alpha value is -5.21. The third-order valence-electron chi connectivity index (χ3n) is 7.16. The average molecular weight is 540 g/mol. The Kier molecular flexibility index (Phi) is 6.29. The van der Waals surface area contributed by atoms with E-state index in [4.69, 9.17) is 4.98 Å². The van der Waals surface area contributed by atoms with E-state index in [0.29, 0.717) is 23.7 Å². The van der Waals surface area contributed by atoms with Gasteiger partial charge in [-0.1, -0.05) is 42.5 Å². The lowest BCUT2D eigenvalue weighted by Gasteiger charge is -2.07. The third kappa shape index (κ3) is 4.97. The summed E-state index contributed by atoms with van der Waals surface area (Å²) in [6, 6.07) is 25.5. The summed E-state index contributed by atoms with van der Waals surface area (Å²) in [6.07, 6.45) is 5.46. The first-order valence-electron chi connectivity index (χ1n) is 13.4. The summed E-state index contributed by atoms with van der Waals surface area (Å²) in [5.74, 6) is 0.314. The number of aromatic amines is 2. The molecule has 0 fully saturated rings. The SMILES string of the molecule is Cc1cc(F)cc(-c2ccnc3nc(-c4n[nH]c5ccc(-c6cncc(CNCc7ccccc7)c6)cc45)[nH]c23)c1. The maximum absolute atomic E-state index is 14.2. The minimum atomic E-state index is -0.277. The number of aromatic nitrogens is 6. The third-order valence-corrected chi connectivity index (χ3v) is 7.16. The molecule has 0 radical (unpaired) electrons. The van der Waals surface area contributed by atoms with Crippen LogP contribution in [0.5, 0.6) is 0 Å². The van der Waals surface area contributed by atoms with Crippen LogP contribution in [0.25, 0.3) is 55.8 Å². The topological polar surface area (TPSA) is 95.2 Å². The Bertz CT molecular complexity index is 1990. The number of aryl methyl sites for hydroxylation is 1. The van der Waals surface area contributed by atoms with E-state index in [2.05, 4.69) is 60.8 Å². The molecule has 0 spiro atoms. The molecule has 0 unspecified atom stereocenters. The molecule has 0 saturated heterocycles. The van der Waals surface area contributed by atoms with E-state index in [-0.39, 0.29) is 5.82 Å². The number of nitrogens with one attached hydrogen (secondary N) is 3. The summed E-state index contributed by atoms with van der Waals surface area (Å²) in [5, 5.41) is 12.1. The van der Waals surface area contributed by atoms with Crippen molar-refractivity contribution in [1.29, 1.82) is 0 Å². The number of benzene rings is 3. The molecule has 0 amide bonds. The molecule has 7 rings (SSSR count). The van der Waals surface area contributed by atoms with Crippen molar-refractivity contribution in [2.75, 3.05) is 0 Å². The molecule has 0 atom stereocenters. The van der Waals surface area contributed by atoms with Crippen molar-refractivity contribution in [2.45, 2.75) is 20.0 Å². The molecule has 3 aromatic carbocycles. The fourth-order valence-corrected chi connectivity index (χ4v) is 5.22. The second-order valence-electron chi connectivity index (χ2n) is 10.2. The lowest BCUT2D eigenvalue weighted by Crippen LogP contribution is -2.12. The van der Waals surface area contributed by atoms with Gasteiger partial charge in [-0.25, -0.2) is 14.4 Å². The van der Waals surface area contributed by atoms with E-state index in [1.165, 1.54) is 17.7 Å². The van der Waals surface area contributed by atoms with Gasteiger partial charge in [0.15, 0.2) is 11.5 Å². The summed E-state index contributed by atoms with van der Waals surface area (Å²) in [5.41, 5.74) is 9.72. The molecule has 200 valence electrons. The predicted octanol–water partition coefficient (Wildman–Crippen LogP) is 6.97. The van der Waals surface area contributed by atoms with Gasteiger partial charge < -0.3 is 10.3 Å². The van der Waals surface area contributed by atoms with E-state index in [1.807, 2.05) is 55.7 Å². The summed E-state index contributed by atoms with van der Waals surface area (Å²) < 4.78 is 14.2. The second-order valence-corrected chi connectivity index (χ2v) is 10.2. The Morgan fingerprint density at radius 2 is 1.71 bits per heavy atom. The minimum Gasteiger partial charge on any atom is -0.335 e. The number of nitrogens with zero attached hydrogens (tertiary/aromatic N) is 4. The van der Waals surface area contributed by atoms with Crippen LogP contribution in [0.2, 0.25) is 0 Å². The van der Waals surface area contributed by atoms with Crippen LogP contribution in [0.3, 0.4) is 0 Å². The molecule has 4 heterocycles. The van der Waals surface area contributed by atoms with Crippen molar-refractivity contribution >= 4 is 22.1 Å². The van der Waals surface area contributed by atoms with Crippen LogP contribution in [-0.2, 0) is 13.1 Å². The van der Waals surface area contributed by atoms with E-state index < -0.39 is 0 Å². The van der Waals surface area contributed by atoms with Gasteiger partial charge in [0, 0.05) is 48.2 Å². The fourth-order valence-electron chi connectivity index (χ4n) is 5.22. The standard InChI is InChI=1S/C33H26FN7/c1-20-11-24(14-26(34)12-20)27-9-10-37-32-30(27)38-33(39-32)31-28-15-23(7-8-29(28)40-41-31)25-13-22(18-36-19-25)17-35-16-21-5-3-2-4-6-21/h2-15,18-19,35H,16-17H2,1H3,(H,40,41)(H,37,38,39). The molecular formula is C33H26FN7. The predicted molar refractivity (Wildman–Crippen MR) is 159 cm³/mol. The van der Waals surface area contributed by atoms with Crippen molar-refractivity contribution in [2.24, 2.45) is 0 Å². The molecule has 3 N–H and O–H groups in total. The normalized spacial score (nSPS) is 11.5. The van der Waals surface area contributed by atoms with Gasteiger partial charge in [0.2, 0.25) is 0 Å². The zero-order chi connectivity index (χ0) is 27.8. The molecule has 8 heteroatoms. The maximum atomic E-state index is 14.2. The Balaban J connectivity index is 1.21. The fraction of sp³-hybridized carbons (Fsp3) is 0.0909. The summed E-state index contributed by atoms with van der Waals surface area (Å²) in [4.78, 5) is 17.1. The van der Waals surface area contributed by atoms with E-state index in [9.17, 15) is 4.39 Å². The molecule has 41 heavy (non-hydrogen) atoms. The summed E-state index contributed by atoms with van der Waals surface area (Å²) in [6.45, 7) is 3.39. The number of fused-ring (bicyclic) bond motifs is 2. The lowest BCUT2D eigenvalue weighted by molar-refractivity contribution is 0.627. The van der Waals surface area contributed by atoms with Gasteiger partial charge in [0.1, 0.15) is 11.5 Å². The second kappa shape index (κ2) is 10.4. The first-order valence-corrected chi connectivity index (χ1v) is 13.4. The van der Waals surface area contributed by atoms with Crippen molar-refractivity contribution in [3.8, 4) is 33.8 Å². The Labute approximate surface area is 235 Å². The van der Waals surface area contributed by atoms with Crippen molar-refractivity contribution in [3.05, 3.63) is 120 Å². The van der Waals surface area contributed by atoms with Gasteiger partial charge in [0.05, 0.1) is 11.0 Å². The average Bonchev–Trinajstić information content (AvgIpc) is 3.61. The summed E-state index contributed by atoms with van der Waals surface area (Å²) in [7, 11) is 0. The molecular weight excluding hydrogens is 513 g/mol. The van der Waals surface area contributed by atoms with Crippen LogP contribution in [0.15, 0.2) is 97.5 Å². The van der Waals surface area contributed by atoms with E-state index in [1.54, 1.807) is 6.20 Å². The highest BCUT2D eigenvalue weighted by molar-refractivity contribution is 5.97. The smallest absolute Gasteiger partial charge is 0.178 e. The summed E-state index contributed by atoms with van der Waals surface area (Å²) >= 11 is 0. The molecule has 0 saturated carbocycles. The van der Waals surface area contributed by atoms with Crippen LogP contribution in [0.4, 0.5) is 4.39 Å². The molecule has 0 bridgehead atoms. The molecule has 0 aliphatic heterocycles. The molecule has 7 nitrogen and oxygen atoms in total. The number of rotatable bonds is 7. The number of H-pyrrole nitrogens is 2. The highest BCUT2D eigenvalue weighted by Crippen LogP contribution is 2.33. The number of hydrogen-bond donors (Lipinski definition) is 3. The van der Waals surface area contributed by atoms with Gasteiger partial charge in [-0.3, -0.25) is 10.1 Å². The van der Waals surface area contributed by atoms with Crippen molar-refractivity contribution < 1.29 is 4.39 Å².